The van der Waals surface area contributed by atoms with Gasteiger partial charge in [0.1, 0.15) is 5.75 Å². The summed E-state index contributed by atoms with van der Waals surface area (Å²) in [6, 6.07) is 12.6. The van der Waals surface area contributed by atoms with Crippen LogP contribution in [0.25, 0.3) is 0 Å². The van der Waals surface area contributed by atoms with E-state index in [0.717, 1.165) is 5.56 Å². The molecule has 0 atom stereocenters. The SMILES string of the molecule is O=C(Nc1ccc(CCl)cc1)c1ccc(OC(F)F)cc1. The molecule has 0 aliphatic heterocycles. The van der Waals surface area contributed by atoms with E-state index in [9.17, 15) is 13.6 Å². The van der Waals surface area contributed by atoms with Crippen LogP contribution in [-0.4, -0.2) is 12.5 Å². The van der Waals surface area contributed by atoms with Crippen molar-refractivity contribution in [1.82, 2.24) is 0 Å². The fourth-order valence-electron chi connectivity index (χ4n) is 1.67. The third-order valence-corrected chi connectivity index (χ3v) is 3.02. The first-order valence-corrected chi connectivity index (χ1v) is 6.63. The highest BCUT2D eigenvalue weighted by atomic mass is 35.5. The minimum absolute atomic E-state index is 0.00742. The zero-order valence-corrected chi connectivity index (χ0v) is 11.6. The molecule has 2 aromatic rings. The van der Waals surface area contributed by atoms with Crippen LogP contribution in [0.4, 0.5) is 14.5 Å². The number of carbonyl (C=O) groups excluding carboxylic acids is 1. The summed E-state index contributed by atoms with van der Waals surface area (Å²) in [7, 11) is 0. The minimum Gasteiger partial charge on any atom is -0.435 e. The van der Waals surface area contributed by atoms with E-state index < -0.39 is 6.61 Å². The number of nitrogens with one attached hydrogen (secondary N) is 1. The van der Waals surface area contributed by atoms with Gasteiger partial charge >= 0.3 is 6.61 Å². The van der Waals surface area contributed by atoms with Crippen LogP contribution in [0.3, 0.4) is 0 Å². The summed E-state index contributed by atoms with van der Waals surface area (Å²) < 4.78 is 28.3. The molecule has 0 heterocycles. The number of alkyl halides is 3. The number of amides is 1. The van der Waals surface area contributed by atoms with Crippen LogP contribution in [0.15, 0.2) is 48.5 Å². The Morgan fingerprint density at radius 1 is 1.10 bits per heavy atom. The van der Waals surface area contributed by atoms with Gasteiger partial charge in [-0.1, -0.05) is 12.1 Å². The fourth-order valence-corrected chi connectivity index (χ4v) is 1.85. The van der Waals surface area contributed by atoms with Crippen molar-refractivity contribution in [1.29, 1.82) is 0 Å². The molecule has 0 fully saturated rings. The van der Waals surface area contributed by atoms with Crippen LogP contribution in [0.5, 0.6) is 5.75 Å². The van der Waals surface area contributed by atoms with Crippen molar-refractivity contribution in [3.05, 3.63) is 59.7 Å². The Bertz CT molecular complexity index is 600. The molecule has 3 nitrogen and oxygen atoms in total. The average Bonchev–Trinajstić information content (AvgIpc) is 2.48. The van der Waals surface area contributed by atoms with Crippen molar-refractivity contribution in [2.24, 2.45) is 0 Å². The molecular weight excluding hydrogens is 300 g/mol. The Balaban J connectivity index is 2.02. The van der Waals surface area contributed by atoms with Crippen LogP contribution in [-0.2, 0) is 5.88 Å². The molecule has 0 radical (unpaired) electrons. The number of benzene rings is 2. The van der Waals surface area contributed by atoms with Gasteiger partial charge < -0.3 is 10.1 Å². The van der Waals surface area contributed by atoms with Crippen LogP contribution in [0, 0.1) is 0 Å². The number of ether oxygens (including phenoxy) is 1. The smallest absolute Gasteiger partial charge is 0.387 e. The lowest BCUT2D eigenvalue weighted by atomic mass is 10.2. The zero-order chi connectivity index (χ0) is 15.2. The molecule has 0 bridgehead atoms. The van der Waals surface area contributed by atoms with Gasteiger partial charge in [-0.05, 0) is 42.0 Å². The second kappa shape index (κ2) is 7.04. The van der Waals surface area contributed by atoms with Crippen molar-refractivity contribution in [2.75, 3.05) is 5.32 Å². The molecule has 0 unspecified atom stereocenters. The molecular formula is C15H12ClF2NO2. The Kier molecular flexibility index (Phi) is 5.11. The van der Waals surface area contributed by atoms with Crippen molar-refractivity contribution < 1.29 is 18.3 Å². The van der Waals surface area contributed by atoms with Crippen LogP contribution in [0.1, 0.15) is 15.9 Å². The summed E-state index contributed by atoms with van der Waals surface area (Å²) in [4.78, 5) is 12.0. The summed E-state index contributed by atoms with van der Waals surface area (Å²) in [6.45, 7) is -2.88. The van der Waals surface area contributed by atoms with Gasteiger partial charge in [-0.25, -0.2) is 0 Å². The minimum atomic E-state index is -2.88. The maximum absolute atomic E-state index is 12.0. The van der Waals surface area contributed by atoms with Crippen LogP contribution >= 0.6 is 11.6 Å². The molecule has 0 aromatic heterocycles. The second-order valence-electron chi connectivity index (χ2n) is 4.19. The van der Waals surface area contributed by atoms with Gasteiger partial charge in [-0.3, -0.25) is 4.79 Å². The Hall–Kier alpha value is -2.14. The van der Waals surface area contributed by atoms with Gasteiger partial charge in [0.2, 0.25) is 0 Å². The lowest BCUT2D eigenvalue weighted by Crippen LogP contribution is -2.11. The van der Waals surface area contributed by atoms with Gasteiger partial charge in [0.15, 0.2) is 0 Å². The predicted molar refractivity (Wildman–Crippen MR) is 77.0 cm³/mol. The average molecular weight is 312 g/mol. The molecule has 2 aromatic carbocycles. The van der Waals surface area contributed by atoms with E-state index in [1.165, 1.54) is 24.3 Å². The van der Waals surface area contributed by atoms with Crippen molar-refractivity contribution in [3.8, 4) is 5.75 Å². The van der Waals surface area contributed by atoms with Crippen molar-refractivity contribution in [2.45, 2.75) is 12.5 Å². The lowest BCUT2D eigenvalue weighted by Gasteiger charge is -2.07. The van der Waals surface area contributed by atoms with E-state index in [1.807, 2.05) is 12.1 Å². The largest absolute Gasteiger partial charge is 0.435 e. The molecule has 0 aliphatic rings. The van der Waals surface area contributed by atoms with Gasteiger partial charge in [-0.2, -0.15) is 8.78 Å². The number of anilines is 1. The van der Waals surface area contributed by atoms with E-state index in [0.29, 0.717) is 17.1 Å². The van der Waals surface area contributed by atoms with Crippen molar-refractivity contribution in [3.63, 3.8) is 0 Å². The summed E-state index contributed by atoms with van der Waals surface area (Å²) >= 11 is 5.68. The van der Waals surface area contributed by atoms with E-state index in [1.54, 1.807) is 12.1 Å². The van der Waals surface area contributed by atoms with Gasteiger partial charge in [0, 0.05) is 17.1 Å². The molecule has 1 amide bonds. The molecule has 1 N–H and O–H groups in total. The first kappa shape index (κ1) is 15.3. The molecule has 0 saturated carbocycles. The second-order valence-corrected chi connectivity index (χ2v) is 4.45. The monoisotopic (exact) mass is 311 g/mol. The summed E-state index contributed by atoms with van der Waals surface area (Å²) in [5.74, 6) is 0.0741. The van der Waals surface area contributed by atoms with E-state index >= 15 is 0 Å². The zero-order valence-electron chi connectivity index (χ0n) is 10.9. The molecule has 6 heteroatoms. The van der Waals surface area contributed by atoms with E-state index in [2.05, 4.69) is 10.1 Å². The predicted octanol–water partition coefficient (Wildman–Crippen LogP) is 4.28. The highest BCUT2D eigenvalue weighted by Crippen LogP contribution is 2.17. The highest BCUT2D eigenvalue weighted by molar-refractivity contribution is 6.17. The van der Waals surface area contributed by atoms with Gasteiger partial charge in [0.25, 0.3) is 5.91 Å². The molecule has 110 valence electrons. The highest BCUT2D eigenvalue weighted by Gasteiger charge is 2.08. The summed E-state index contributed by atoms with van der Waals surface area (Å²) in [5, 5.41) is 2.70. The first-order valence-electron chi connectivity index (χ1n) is 6.09. The third-order valence-electron chi connectivity index (χ3n) is 2.71. The lowest BCUT2D eigenvalue weighted by molar-refractivity contribution is -0.0498. The molecule has 0 spiro atoms. The maximum atomic E-state index is 12.0. The normalized spacial score (nSPS) is 10.5. The van der Waals surface area contributed by atoms with Crippen LogP contribution in [0.2, 0.25) is 0 Å². The standard InChI is InChI=1S/C15H12ClF2NO2/c16-9-10-1-5-12(6-2-10)19-14(20)11-3-7-13(8-4-11)21-15(17)18/h1-8,15H,9H2,(H,19,20). The number of carbonyl (C=O) groups is 1. The summed E-state index contributed by atoms with van der Waals surface area (Å²) in [6.07, 6.45) is 0. The van der Waals surface area contributed by atoms with E-state index in [4.69, 9.17) is 11.6 Å². The number of hydrogen-bond acceptors (Lipinski definition) is 2. The van der Waals surface area contributed by atoms with Gasteiger partial charge in [-0.15, -0.1) is 11.6 Å². The Morgan fingerprint density at radius 2 is 1.71 bits per heavy atom. The fraction of sp³-hybridized carbons (Fsp3) is 0.133. The maximum Gasteiger partial charge on any atom is 0.387 e. The van der Waals surface area contributed by atoms with Gasteiger partial charge in [0.05, 0.1) is 0 Å². The number of rotatable bonds is 5. The Labute approximate surface area is 125 Å². The number of halogens is 3. The number of hydrogen-bond donors (Lipinski definition) is 1. The Morgan fingerprint density at radius 3 is 2.24 bits per heavy atom. The van der Waals surface area contributed by atoms with Crippen molar-refractivity contribution >= 4 is 23.2 Å². The molecule has 2 rings (SSSR count). The quantitative estimate of drug-likeness (QED) is 0.837. The van der Waals surface area contributed by atoms with Crippen LogP contribution < -0.4 is 10.1 Å². The molecule has 21 heavy (non-hydrogen) atoms. The van der Waals surface area contributed by atoms with E-state index in [-0.39, 0.29) is 11.7 Å². The first-order chi connectivity index (χ1) is 10.1. The summed E-state index contributed by atoms with van der Waals surface area (Å²) in [5.41, 5.74) is 1.92. The topological polar surface area (TPSA) is 38.3 Å². The third kappa shape index (κ3) is 4.43. The molecule has 0 saturated heterocycles. The molecule has 0 aliphatic carbocycles.